The number of aromatic amines is 1. The summed E-state index contributed by atoms with van der Waals surface area (Å²) in [5.74, 6) is -0.0537. The smallest absolute Gasteiger partial charge is 0.251 e. The Kier molecular flexibility index (Phi) is 4.52. The maximum atomic E-state index is 13.7. The van der Waals surface area contributed by atoms with Crippen LogP contribution in [-0.2, 0) is 4.74 Å². The van der Waals surface area contributed by atoms with Crippen molar-refractivity contribution in [2.45, 2.75) is 12.5 Å². The van der Waals surface area contributed by atoms with Crippen LogP contribution in [0.15, 0.2) is 24.5 Å². The lowest BCUT2D eigenvalue weighted by Crippen LogP contribution is -2.30. The summed E-state index contributed by atoms with van der Waals surface area (Å²) in [6.45, 7) is 1.01. The molecule has 3 rings (SSSR count). The zero-order chi connectivity index (χ0) is 16.2. The van der Waals surface area contributed by atoms with Crippen LogP contribution >= 0.6 is 0 Å². The number of ether oxygens (including phenoxy) is 2. The summed E-state index contributed by atoms with van der Waals surface area (Å²) < 4.78 is 24.1. The Balaban J connectivity index is 1.61. The summed E-state index contributed by atoms with van der Waals surface area (Å²) in [6, 6.07) is 4.11. The Hall–Kier alpha value is -2.48. The van der Waals surface area contributed by atoms with Gasteiger partial charge in [0.1, 0.15) is 12.4 Å². The molecule has 23 heavy (non-hydrogen) atoms. The summed E-state index contributed by atoms with van der Waals surface area (Å²) in [5, 5.41) is 9.41. The van der Waals surface area contributed by atoms with Crippen molar-refractivity contribution in [3.05, 3.63) is 41.7 Å². The average Bonchev–Trinajstić information content (AvgIpc) is 3.23. The molecule has 7 nitrogen and oxygen atoms in total. The van der Waals surface area contributed by atoms with Crippen LogP contribution in [0.2, 0.25) is 0 Å². The number of hydrogen-bond donors (Lipinski definition) is 2. The topological polar surface area (TPSA) is 89.1 Å². The summed E-state index contributed by atoms with van der Waals surface area (Å²) >= 11 is 0. The van der Waals surface area contributed by atoms with Gasteiger partial charge in [0.15, 0.2) is 17.4 Å². The summed E-state index contributed by atoms with van der Waals surface area (Å²) in [4.78, 5) is 16.2. The molecule has 0 aliphatic carbocycles. The highest BCUT2D eigenvalue weighted by Crippen LogP contribution is 2.31. The van der Waals surface area contributed by atoms with Crippen molar-refractivity contribution in [3.63, 3.8) is 0 Å². The van der Waals surface area contributed by atoms with Gasteiger partial charge in [-0.15, -0.1) is 0 Å². The number of carbonyl (C=O) groups is 1. The van der Waals surface area contributed by atoms with Crippen LogP contribution in [0.5, 0.6) is 5.75 Å². The van der Waals surface area contributed by atoms with Crippen molar-refractivity contribution in [1.29, 1.82) is 0 Å². The Morgan fingerprint density at radius 2 is 2.43 bits per heavy atom. The molecular formula is C15H17FN4O3. The third-order valence-corrected chi connectivity index (χ3v) is 3.86. The Morgan fingerprint density at radius 1 is 1.57 bits per heavy atom. The first-order valence-corrected chi connectivity index (χ1v) is 7.27. The monoisotopic (exact) mass is 320 g/mol. The van der Waals surface area contributed by atoms with E-state index in [2.05, 4.69) is 20.5 Å². The van der Waals surface area contributed by atoms with Gasteiger partial charge in [-0.1, -0.05) is 0 Å². The minimum Gasteiger partial charge on any atom is -0.494 e. The molecule has 0 bridgehead atoms. The van der Waals surface area contributed by atoms with Gasteiger partial charge in [-0.2, -0.15) is 5.10 Å². The van der Waals surface area contributed by atoms with Crippen molar-refractivity contribution in [2.75, 3.05) is 20.3 Å². The number of halogens is 1. The fraction of sp³-hybridized carbons (Fsp3) is 0.400. The van der Waals surface area contributed by atoms with Gasteiger partial charge in [-0.3, -0.25) is 9.89 Å². The third kappa shape index (κ3) is 3.31. The highest BCUT2D eigenvalue weighted by atomic mass is 19.1. The van der Waals surface area contributed by atoms with Crippen molar-refractivity contribution in [2.24, 2.45) is 5.92 Å². The Morgan fingerprint density at radius 3 is 3.13 bits per heavy atom. The predicted molar refractivity (Wildman–Crippen MR) is 78.5 cm³/mol. The molecule has 1 amide bonds. The molecule has 122 valence electrons. The van der Waals surface area contributed by atoms with Gasteiger partial charge in [0, 0.05) is 24.6 Å². The van der Waals surface area contributed by atoms with Gasteiger partial charge in [-0.05, 0) is 24.6 Å². The number of carbonyl (C=O) groups excluding carboxylic acids is 1. The lowest BCUT2D eigenvalue weighted by atomic mass is 10.0. The molecule has 0 unspecified atom stereocenters. The second-order valence-corrected chi connectivity index (χ2v) is 5.27. The maximum Gasteiger partial charge on any atom is 0.251 e. The molecule has 1 aromatic carbocycles. The van der Waals surface area contributed by atoms with Crippen molar-refractivity contribution < 1.29 is 18.7 Å². The van der Waals surface area contributed by atoms with Crippen LogP contribution in [0.1, 0.15) is 28.7 Å². The van der Waals surface area contributed by atoms with E-state index in [1.807, 2.05) is 0 Å². The van der Waals surface area contributed by atoms with Crippen molar-refractivity contribution in [3.8, 4) is 5.75 Å². The molecule has 1 aliphatic rings. The number of aromatic nitrogens is 3. The zero-order valence-corrected chi connectivity index (χ0v) is 12.6. The molecule has 2 aromatic rings. The minimum absolute atomic E-state index is 0.0926. The first kappa shape index (κ1) is 15.4. The van der Waals surface area contributed by atoms with Crippen molar-refractivity contribution >= 4 is 5.91 Å². The summed E-state index contributed by atoms with van der Waals surface area (Å²) in [5.41, 5.74) is 0.249. The number of nitrogens with one attached hydrogen (secondary N) is 2. The van der Waals surface area contributed by atoms with Gasteiger partial charge >= 0.3 is 0 Å². The molecule has 1 fully saturated rings. The molecule has 2 heterocycles. The Labute approximate surface area is 132 Å². The molecule has 1 aromatic heterocycles. The van der Waals surface area contributed by atoms with E-state index in [4.69, 9.17) is 9.47 Å². The van der Waals surface area contributed by atoms with Gasteiger partial charge in [0.25, 0.3) is 5.91 Å². The van der Waals surface area contributed by atoms with E-state index in [-0.39, 0.29) is 29.2 Å². The maximum absolute atomic E-state index is 13.7. The lowest BCUT2D eigenvalue weighted by Gasteiger charge is -2.16. The molecule has 8 heteroatoms. The zero-order valence-electron chi connectivity index (χ0n) is 12.6. The van der Waals surface area contributed by atoms with Crippen LogP contribution < -0.4 is 10.1 Å². The predicted octanol–water partition coefficient (Wildman–Crippen LogP) is 1.46. The van der Waals surface area contributed by atoms with Crippen LogP contribution in [0.4, 0.5) is 4.39 Å². The molecule has 0 radical (unpaired) electrons. The molecule has 0 spiro atoms. The summed E-state index contributed by atoms with van der Waals surface area (Å²) in [7, 11) is 1.38. The van der Waals surface area contributed by atoms with E-state index in [0.717, 1.165) is 12.5 Å². The molecule has 1 saturated heterocycles. The number of methoxy groups -OCH3 is 1. The summed E-state index contributed by atoms with van der Waals surface area (Å²) in [6.07, 6.45) is 2.01. The molecular weight excluding hydrogens is 303 g/mol. The molecule has 2 N–H and O–H groups in total. The normalized spacial score (nSPS) is 20.4. The molecule has 1 aliphatic heterocycles. The fourth-order valence-corrected chi connectivity index (χ4v) is 2.63. The van der Waals surface area contributed by atoms with E-state index < -0.39 is 5.82 Å². The number of amides is 1. The highest BCUT2D eigenvalue weighted by molar-refractivity contribution is 5.94. The van der Waals surface area contributed by atoms with Crippen LogP contribution in [0.3, 0.4) is 0 Å². The number of hydrogen-bond acceptors (Lipinski definition) is 5. The second kappa shape index (κ2) is 6.74. The Bertz CT molecular complexity index is 677. The number of H-pyrrole nitrogens is 1. The van der Waals surface area contributed by atoms with E-state index in [1.54, 1.807) is 0 Å². The highest BCUT2D eigenvalue weighted by Gasteiger charge is 2.32. The van der Waals surface area contributed by atoms with Gasteiger partial charge in [0.2, 0.25) is 0 Å². The standard InChI is InChI=1S/C15H17FN4O3/c1-22-12-3-2-9(6-11(12)16)15(21)17-7-10-4-5-23-13(10)14-18-8-19-20-14/h2-3,6,8,10,13H,4-5,7H2,1H3,(H,17,21)(H,18,19,20)/t10-,13-/m0/s1. The third-order valence-electron chi connectivity index (χ3n) is 3.86. The van der Waals surface area contributed by atoms with E-state index in [0.29, 0.717) is 19.0 Å². The largest absolute Gasteiger partial charge is 0.494 e. The quantitative estimate of drug-likeness (QED) is 0.870. The first-order valence-electron chi connectivity index (χ1n) is 7.27. The minimum atomic E-state index is -0.566. The first-order chi connectivity index (χ1) is 11.2. The lowest BCUT2D eigenvalue weighted by molar-refractivity contribution is 0.0798. The fourth-order valence-electron chi connectivity index (χ4n) is 2.63. The van der Waals surface area contributed by atoms with E-state index in [9.17, 15) is 9.18 Å². The number of benzene rings is 1. The van der Waals surface area contributed by atoms with Gasteiger partial charge < -0.3 is 14.8 Å². The van der Waals surface area contributed by atoms with Gasteiger partial charge in [-0.25, -0.2) is 9.37 Å². The molecule has 2 atom stereocenters. The van der Waals surface area contributed by atoms with Crippen molar-refractivity contribution in [1.82, 2.24) is 20.5 Å². The van der Waals surface area contributed by atoms with Gasteiger partial charge in [0.05, 0.1) is 7.11 Å². The number of nitrogens with zero attached hydrogens (tertiary/aromatic N) is 2. The number of rotatable bonds is 5. The second-order valence-electron chi connectivity index (χ2n) is 5.27. The average molecular weight is 320 g/mol. The van der Waals surface area contributed by atoms with Crippen LogP contribution in [-0.4, -0.2) is 41.3 Å². The molecule has 0 saturated carbocycles. The van der Waals surface area contributed by atoms with Crippen LogP contribution in [0.25, 0.3) is 0 Å². The van der Waals surface area contributed by atoms with E-state index in [1.165, 1.54) is 25.6 Å². The van der Waals surface area contributed by atoms with Crippen LogP contribution in [0, 0.1) is 11.7 Å². The van der Waals surface area contributed by atoms with E-state index >= 15 is 0 Å². The SMILES string of the molecule is COc1ccc(C(=O)NC[C@@H]2CCO[C@@H]2c2ncn[nH]2)cc1F.